The van der Waals surface area contributed by atoms with Gasteiger partial charge in [0.2, 0.25) is 5.91 Å². The second-order valence-electron chi connectivity index (χ2n) is 5.31. The predicted molar refractivity (Wildman–Crippen MR) is 87.8 cm³/mol. The van der Waals surface area contributed by atoms with Gasteiger partial charge in [0.1, 0.15) is 0 Å². The van der Waals surface area contributed by atoms with Crippen molar-refractivity contribution in [1.29, 1.82) is 0 Å². The third-order valence-electron chi connectivity index (χ3n) is 3.35. The standard InChI is InChI=1S/C17H19BrN2O/c1-12(2)16(13-6-8-14(18)9-7-13)17(21)20-11-15-5-3-4-10-19-15/h3-10,12,16H,11H2,1-2H3,(H,20,21). The number of hydrogen-bond acceptors (Lipinski definition) is 2. The monoisotopic (exact) mass is 346 g/mol. The molecule has 0 saturated heterocycles. The summed E-state index contributed by atoms with van der Waals surface area (Å²) >= 11 is 3.42. The molecule has 1 aromatic heterocycles. The van der Waals surface area contributed by atoms with Crippen LogP contribution < -0.4 is 5.32 Å². The summed E-state index contributed by atoms with van der Waals surface area (Å²) in [7, 11) is 0. The average molecular weight is 347 g/mol. The zero-order chi connectivity index (χ0) is 15.2. The molecule has 0 aliphatic carbocycles. The van der Waals surface area contributed by atoms with E-state index < -0.39 is 0 Å². The lowest BCUT2D eigenvalue weighted by molar-refractivity contribution is -0.123. The van der Waals surface area contributed by atoms with Gasteiger partial charge in [-0.05, 0) is 35.7 Å². The first-order chi connectivity index (χ1) is 10.1. The van der Waals surface area contributed by atoms with Crippen LogP contribution in [0, 0.1) is 5.92 Å². The summed E-state index contributed by atoms with van der Waals surface area (Å²) in [6.07, 6.45) is 1.73. The number of amides is 1. The number of carbonyl (C=O) groups is 1. The molecule has 0 aliphatic rings. The number of nitrogens with one attached hydrogen (secondary N) is 1. The molecule has 3 nitrogen and oxygen atoms in total. The number of carbonyl (C=O) groups excluding carboxylic acids is 1. The minimum atomic E-state index is -0.151. The summed E-state index contributed by atoms with van der Waals surface area (Å²) < 4.78 is 1.02. The van der Waals surface area contributed by atoms with E-state index >= 15 is 0 Å². The van der Waals surface area contributed by atoms with Crippen LogP contribution in [0.5, 0.6) is 0 Å². The van der Waals surface area contributed by atoms with Crippen molar-refractivity contribution in [2.75, 3.05) is 0 Å². The van der Waals surface area contributed by atoms with Gasteiger partial charge in [0.25, 0.3) is 0 Å². The van der Waals surface area contributed by atoms with Crippen LogP contribution >= 0.6 is 15.9 Å². The molecular weight excluding hydrogens is 328 g/mol. The smallest absolute Gasteiger partial charge is 0.228 e. The summed E-state index contributed by atoms with van der Waals surface area (Å²) in [5.74, 6) is 0.120. The number of benzene rings is 1. The van der Waals surface area contributed by atoms with Gasteiger partial charge in [0, 0.05) is 10.7 Å². The second-order valence-corrected chi connectivity index (χ2v) is 6.23. The molecule has 0 aliphatic heterocycles. The molecule has 1 amide bonds. The van der Waals surface area contributed by atoms with Crippen LogP contribution in [0.3, 0.4) is 0 Å². The fourth-order valence-corrected chi connectivity index (χ4v) is 2.56. The highest BCUT2D eigenvalue weighted by atomic mass is 79.9. The Hall–Kier alpha value is -1.68. The first-order valence-electron chi connectivity index (χ1n) is 7.01. The topological polar surface area (TPSA) is 42.0 Å². The third-order valence-corrected chi connectivity index (χ3v) is 3.88. The number of rotatable bonds is 5. The van der Waals surface area contributed by atoms with Crippen molar-refractivity contribution in [2.45, 2.75) is 26.3 Å². The molecule has 2 aromatic rings. The van der Waals surface area contributed by atoms with Gasteiger partial charge < -0.3 is 5.32 Å². The van der Waals surface area contributed by atoms with Gasteiger partial charge in [-0.15, -0.1) is 0 Å². The summed E-state index contributed by atoms with van der Waals surface area (Å²) in [5.41, 5.74) is 1.90. The Morgan fingerprint density at radius 1 is 1.19 bits per heavy atom. The zero-order valence-corrected chi connectivity index (χ0v) is 13.8. The molecule has 1 aromatic carbocycles. The Morgan fingerprint density at radius 2 is 1.90 bits per heavy atom. The van der Waals surface area contributed by atoms with Crippen LogP contribution in [0.15, 0.2) is 53.1 Å². The Kier molecular flexibility index (Phi) is 5.51. The molecule has 2 rings (SSSR count). The zero-order valence-electron chi connectivity index (χ0n) is 12.2. The second kappa shape index (κ2) is 7.36. The fourth-order valence-electron chi connectivity index (χ4n) is 2.30. The van der Waals surface area contributed by atoms with Crippen molar-refractivity contribution in [2.24, 2.45) is 5.92 Å². The third kappa shape index (κ3) is 4.39. The summed E-state index contributed by atoms with van der Waals surface area (Å²) in [6.45, 7) is 4.58. The van der Waals surface area contributed by atoms with E-state index in [1.54, 1.807) is 6.20 Å². The van der Waals surface area contributed by atoms with Crippen LogP contribution in [0.2, 0.25) is 0 Å². The maximum absolute atomic E-state index is 12.5. The number of nitrogens with zero attached hydrogens (tertiary/aromatic N) is 1. The van der Waals surface area contributed by atoms with Gasteiger partial charge in [0.15, 0.2) is 0 Å². The van der Waals surface area contributed by atoms with E-state index in [9.17, 15) is 4.79 Å². The van der Waals surface area contributed by atoms with Gasteiger partial charge in [0.05, 0.1) is 18.2 Å². The predicted octanol–water partition coefficient (Wildman–Crippen LogP) is 3.90. The maximum atomic E-state index is 12.5. The van der Waals surface area contributed by atoms with Gasteiger partial charge in [-0.2, -0.15) is 0 Å². The SMILES string of the molecule is CC(C)C(C(=O)NCc1ccccn1)c1ccc(Br)cc1. The van der Waals surface area contributed by atoms with Crippen LogP contribution in [0.1, 0.15) is 31.0 Å². The van der Waals surface area contributed by atoms with E-state index in [0.717, 1.165) is 15.7 Å². The average Bonchev–Trinajstić information content (AvgIpc) is 2.48. The molecule has 0 saturated carbocycles. The Balaban J connectivity index is 2.07. The summed E-state index contributed by atoms with van der Waals surface area (Å²) in [6, 6.07) is 13.6. The molecule has 110 valence electrons. The van der Waals surface area contributed by atoms with Gasteiger partial charge >= 0.3 is 0 Å². The van der Waals surface area contributed by atoms with Crippen LogP contribution in [-0.4, -0.2) is 10.9 Å². The summed E-state index contributed by atoms with van der Waals surface area (Å²) in [5, 5.41) is 2.98. The van der Waals surface area contributed by atoms with Crippen LogP contribution in [-0.2, 0) is 11.3 Å². The lowest BCUT2D eigenvalue weighted by Gasteiger charge is -2.20. The van der Waals surface area contributed by atoms with Gasteiger partial charge in [-0.1, -0.05) is 48.0 Å². The minimum absolute atomic E-state index is 0.0398. The van der Waals surface area contributed by atoms with E-state index in [2.05, 4.69) is 40.1 Å². The molecule has 0 radical (unpaired) electrons. The number of aromatic nitrogens is 1. The van der Waals surface area contributed by atoms with E-state index in [0.29, 0.717) is 6.54 Å². The lowest BCUT2D eigenvalue weighted by atomic mass is 9.87. The maximum Gasteiger partial charge on any atom is 0.228 e. The molecule has 1 N–H and O–H groups in total. The number of pyridine rings is 1. The van der Waals surface area contributed by atoms with Gasteiger partial charge in [-0.25, -0.2) is 0 Å². The van der Waals surface area contributed by atoms with Crippen molar-refractivity contribution in [3.05, 3.63) is 64.4 Å². The Bertz CT molecular complexity index is 581. The number of halogens is 1. The Labute approximate surface area is 133 Å². The molecule has 1 unspecified atom stereocenters. The van der Waals surface area contributed by atoms with Crippen molar-refractivity contribution in [1.82, 2.24) is 10.3 Å². The highest BCUT2D eigenvalue weighted by Crippen LogP contribution is 2.26. The van der Waals surface area contributed by atoms with Crippen molar-refractivity contribution >= 4 is 21.8 Å². The highest BCUT2D eigenvalue weighted by Gasteiger charge is 2.23. The fraction of sp³-hybridized carbons (Fsp3) is 0.294. The molecule has 1 heterocycles. The number of hydrogen-bond donors (Lipinski definition) is 1. The first kappa shape index (κ1) is 15.7. The Morgan fingerprint density at radius 3 is 2.48 bits per heavy atom. The molecule has 0 spiro atoms. The molecule has 0 fully saturated rings. The normalized spacial score (nSPS) is 12.2. The first-order valence-corrected chi connectivity index (χ1v) is 7.80. The highest BCUT2D eigenvalue weighted by molar-refractivity contribution is 9.10. The van der Waals surface area contributed by atoms with Crippen LogP contribution in [0.25, 0.3) is 0 Å². The molecule has 0 bridgehead atoms. The molecule has 4 heteroatoms. The van der Waals surface area contributed by atoms with E-state index in [1.807, 2.05) is 42.5 Å². The molecule has 1 atom stereocenters. The van der Waals surface area contributed by atoms with E-state index in [4.69, 9.17) is 0 Å². The largest absolute Gasteiger partial charge is 0.350 e. The van der Waals surface area contributed by atoms with E-state index in [1.165, 1.54) is 0 Å². The van der Waals surface area contributed by atoms with E-state index in [-0.39, 0.29) is 17.7 Å². The van der Waals surface area contributed by atoms with Crippen molar-refractivity contribution < 1.29 is 4.79 Å². The minimum Gasteiger partial charge on any atom is -0.350 e. The van der Waals surface area contributed by atoms with Gasteiger partial charge in [-0.3, -0.25) is 9.78 Å². The quantitative estimate of drug-likeness (QED) is 0.891. The van der Waals surface area contributed by atoms with Crippen molar-refractivity contribution in [3.8, 4) is 0 Å². The summed E-state index contributed by atoms with van der Waals surface area (Å²) in [4.78, 5) is 16.7. The molecular formula is C17H19BrN2O. The van der Waals surface area contributed by atoms with Crippen molar-refractivity contribution in [3.63, 3.8) is 0 Å². The van der Waals surface area contributed by atoms with Crippen LogP contribution in [0.4, 0.5) is 0 Å². The molecule has 21 heavy (non-hydrogen) atoms. The lowest BCUT2D eigenvalue weighted by Crippen LogP contribution is -2.31.